The molecule has 0 aliphatic rings. The monoisotopic (exact) mass is 986 g/mol. The van der Waals surface area contributed by atoms with Crippen LogP contribution in [0.4, 0.5) is 34.1 Å². The Balaban J connectivity index is 1.09. The SMILES string of the molecule is Cc1cc(-c2cc(-c3cc(-c4ccccc4)cc(N(c4ccccc4)c4ccccc4)c3)nc(-n3c4ccccc4c4ccc5c6ccccc6n(-c6ccccc6)c5c43)n2)cc(N(c2ccccc2)c2ccccc2)c1. The molecule has 6 nitrogen and oxygen atoms in total. The summed E-state index contributed by atoms with van der Waals surface area (Å²) in [6.45, 7) is 2.17. The van der Waals surface area contributed by atoms with Crippen LogP contribution in [0.2, 0.25) is 0 Å². The van der Waals surface area contributed by atoms with E-state index in [0.29, 0.717) is 5.95 Å². The third kappa shape index (κ3) is 8.16. The summed E-state index contributed by atoms with van der Waals surface area (Å²) in [5, 5.41) is 4.59. The molecule has 0 saturated heterocycles. The standard InChI is InChI=1S/C71H50N6/c1-49-42-52(46-59(43-49)74(54-26-10-3-11-27-54)55-28-12-4-13-29-55)65-48-66(53-44-51(50-24-8-2-9-25-50)45-60(47-53)75(56-30-14-5-15-31-56)57-32-16-6-17-33-57)73-71(72-65)77-68-39-23-21-37-62(68)64-41-40-63-61-36-20-22-38-67(61)76(69(63)70(64)77)58-34-18-7-19-35-58/h2-48H,1H3. The van der Waals surface area contributed by atoms with E-state index in [4.69, 9.17) is 9.97 Å². The van der Waals surface area contributed by atoms with Gasteiger partial charge in [-0.05, 0) is 139 Å². The number of aromatic nitrogens is 4. The topological polar surface area (TPSA) is 42.1 Å². The van der Waals surface area contributed by atoms with Crippen LogP contribution in [-0.2, 0) is 0 Å². The Morgan fingerprint density at radius 3 is 1.18 bits per heavy atom. The van der Waals surface area contributed by atoms with Crippen LogP contribution < -0.4 is 9.80 Å². The molecule has 0 bridgehead atoms. The maximum atomic E-state index is 5.80. The van der Waals surface area contributed by atoms with Gasteiger partial charge in [0.05, 0.1) is 33.5 Å². The molecule has 11 aromatic carbocycles. The predicted molar refractivity (Wildman–Crippen MR) is 321 cm³/mol. The quantitative estimate of drug-likeness (QED) is 0.129. The second-order valence-electron chi connectivity index (χ2n) is 19.5. The zero-order valence-corrected chi connectivity index (χ0v) is 42.3. The lowest BCUT2D eigenvalue weighted by molar-refractivity contribution is 0.994. The summed E-state index contributed by atoms with van der Waals surface area (Å²) in [7, 11) is 0. The molecule has 0 spiro atoms. The first-order valence-corrected chi connectivity index (χ1v) is 26.1. The van der Waals surface area contributed by atoms with Crippen LogP contribution in [0.15, 0.2) is 285 Å². The molecule has 0 fully saturated rings. The van der Waals surface area contributed by atoms with Crippen LogP contribution in [0.3, 0.4) is 0 Å². The van der Waals surface area contributed by atoms with Crippen molar-refractivity contribution in [2.75, 3.05) is 9.80 Å². The molecular weight excluding hydrogens is 937 g/mol. The van der Waals surface area contributed by atoms with E-state index in [9.17, 15) is 0 Å². The molecule has 364 valence electrons. The molecule has 3 aromatic heterocycles. The average Bonchev–Trinajstić information content (AvgIpc) is 4.23. The third-order valence-electron chi connectivity index (χ3n) is 14.6. The number of hydrogen-bond acceptors (Lipinski definition) is 4. The first-order chi connectivity index (χ1) is 38.1. The van der Waals surface area contributed by atoms with E-state index >= 15 is 0 Å². The van der Waals surface area contributed by atoms with Crippen LogP contribution in [0.25, 0.3) is 88.9 Å². The zero-order valence-electron chi connectivity index (χ0n) is 42.3. The molecule has 0 aliphatic carbocycles. The number of rotatable bonds is 11. The fourth-order valence-corrected chi connectivity index (χ4v) is 11.3. The maximum Gasteiger partial charge on any atom is 0.235 e. The van der Waals surface area contributed by atoms with Gasteiger partial charge in [-0.3, -0.25) is 4.57 Å². The largest absolute Gasteiger partial charge is 0.310 e. The van der Waals surface area contributed by atoms with Gasteiger partial charge in [-0.2, -0.15) is 0 Å². The minimum Gasteiger partial charge on any atom is -0.310 e. The van der Waals surface area contributed by atoms with E-state index < -0.39 is 0 Å². The first kappa shape index (κ1) is 45.3. The highest BCUT2D eigenvalue weighted by Crippen LogP contribution is 2.44. The van der Waals surface area contributed by atoms with E-state index in [1.807, 2.05) is 0 Å². The molecule has 6 heteroatoms. The highest BCUT2D eigenvalue weighted by atomic mass is 15.2. The van der Waals surface area contributed by atoms with Crippen molar-refractivity contribution in [2.45, 2.75) is 6.92 Å². The van der Waals surface area contributed by atoms with Gasteiger partial charge >= 0.3 is 0 Å². The minimum atomic E-state index is 0.571. The van der Waals surface area contributed by atoms with Crippen molar-refractivity contribution in [2.24, 2.45) is 0 Å². The molecule has 3 heterocycles. The highest BCUT2D eigenvalue weighted by Gasteiger charge is 2.25. The van der Waals surface area contributed by atoms with Gasteiger partial charge in [-0.15, -0.1) is 0 Å². The predicted octanol–water partition coefficient (Wildman–Crippen LogP) is 18.9. The molecule has 77 heavy (non-hydrogen) atoms. The highest BCUT2D eigenvalue weighted by molar-refractivity contribution is 6.23. The molecule has 0 atom stereocenters. The molecule has 0 aliphatic heterocycles. The Morgan fingerprint density at radius 1 is 0.286 bits per heavy atom. The number of aryl methyl sites for hydroxylation is 1. The van der Waals surface area contributed by atoms with Gasteiger partial charge in [0.15, 0.2) is 0 Å². The molecular formula is C71H50N6. The molecule has 0 saturated carbocycles. The van der Waals surface area contributed by atoms with E-state index in [1.165, 1.54) is 5.39 Å². The smallest absolute Gasteiger partial charge is 0.235 e. The summed E-state index contributed by atoms with van der Waals surface area (Å²) in [6, 6.07) is 102. The van der Waals surface area contributed by atoms with Crippen LogP contribution in [0, 0.1) is 6.92 Å². The van der Waals surface area contributed by atoms with Crippen molar-refractivity contribution >= 4 is 77.7 Å². The summed E-state index contributed by atoms with van der Waals surface area (Å²) >= 11 is 0. The van der Waals surface area contributed by atoms with Crippen LogP contribution in [0.1, 0.15) is 5.56 Å². The maximum absolute atomic E-state index is 5.80. The average molecular weight is 987 g/mol. The van der Waals surface area contributed by atoms with Crippen molar-refractivity contribution < 1.29 is 0 Å². The van der Waals surface area contributed by atoms with Crippen molar-refractivity contribution in [1.29, 1.82) is 0 Å². The summed E-state index contributed by atoms with van der Waals surface area (Å²) < 4.78 is 4.73. The van der Waals surface area contributed by atoms with Crippen molar-refractivity contribution in [3.05, 3.63) is 291 Å². The lowest BCUT2D eigenvalue weighted by Gasteiger charge is -2.27. The fourth-order valence-electron chi connectivity index (χ4n) is 11.3. The Kier molecular flexibility index (Phi) is 11.3. The summed E-state index contributed by atoms with van der Waals surface area (Å²) in [5.41, 5.74) is 18.4. The van der Waals surface area contributed by atoms with E-state index in [2.05, 4.69) is 311 Å². The van der Waals surface area contributed by atoms with Crippen molar-refractivity contribution in [1.82, 2.24) is 19.1 Å². The molecule has 14 aromatic rings. The van der Waals surface area contributed by atoms with Gasteiger partial charge < -0.3 is 14.4 Å². The number of fused-ring (bicyclic) bond motifs is 7. The van der Waals surface area contributed by atoms with Crippen molar-refractivity contribution in [3.8, 4) is 45.3 Å². The third-order valence-corrected chi connectivity index (χ3v) is 14.6. The van der Waals surface area contributed by atoms with Gasteiger partial charge in [0, 0.05) is 72.5 Å². The second kappa shape index (κ2) is 19.2. The minimum absolute atomic E-state index is 0.571. The number of nitrogens with zero attached hydrogens (tertiary/aromatic N) is 6. The molecule has 0 radical (unpaired) electrons. The number of para-hydroxylation sites is 7. The molecule has 14 rings (SSSR count). The Labute approximate surface area is 447 Å². The lowest BCUT2D eigenvalue weighted by atomic mass is 9.98. The zero-order chi connectivity index (χ0) is 51.2. The van der Waals surface area contributed by atoms with Gasteiger partial charge in [0.1, 0.15) is 0 Å². The summed E-state index contributed by atoms with van der Waals surface area (Å²) in [4.78, 5) is 16.2. The Bertz CT molecular complexity index is 4360. The number of hydrogen-bond donors (Lipinski definition) is 0. The molecule has 0 unspecified atom stereocenters. The van der Waals surface area contributed by atoms with E-state index in [1.54, 1.807) is 0 Å². The van der Waals surface area contributed by atoms with Gasteiger partial charge in [-0.1, -0.05) is 170 Å². The second-order valence-corrected chi connectivity index (χ2v) is 19.5. The lowest BCUT2D eigenvalue weighted by Crippen LogP contribution is -2.11. The fraction of sp³-hybridized carbons (Fsp3) is 0.0141. The van der Waals surface area contributed by atoms with Gasteiger partial charge in [-0.25, -0.2) is 9.97 Å². The van der Waals surface area contributed by atoms with Crippen LogP contribution in [0.5, 0.6) is 0 Å². The molecule has 0 amide bonds. The summed E-state index contributed by atoms with van der Waals surface area (Å²) in [5.74, 6) is 0.571. The van der Waals surface area contributed by atoms with E-state index in [0.717, 1.165) is 117 Å². The normalized spacial score (nSPS) is 11.4. The van der Waals surface area contributed by atoms with Gasteiger partial charge in [0.25, 0.3) is 0 Å². The Hall–Kier alpha value is -10.3. The van der Waals surface area contributed by atoms with E-state index in [-0.39, 0.29) is 0 Å². The van der Waals surface area contributed by atoms with Crippen molar-refractivity contribution in [3.63, 3.8) is 0 Å². The molecule has 0 N–H and O–H groups in total. The summed E-state index contributed by atoms with van der Waals surface area (Å²) in [6.07, 6.45) is 0. The number of anilines is 6. The van der Waals surface area contributed by atoms with Gasteiger partial charge in [0.2, 0.25) is 5.95 Å². The Morgan fingerprint density at radius 2 is 0.675 bits per heavy atom. The number of benzene rings is 11. The van der Waals surface area contributed by atoms with Crippen LogP contribution >= 0.6 is 0 Å². The first-order valence-electron chi connectivity index (χ1n) is 26.1. The van der Waals surface area contributed by atoms with Crippen LogP contribution in [-0.4, -0.2) is 19.1 Å².